The van der Waals surface area contributed by atoms with E-state index in [9.17, 15) is 0 Å². The minimum atomic E-state index is 0.690. The van der Waals surface area contributed by atoms with Gasteiger partial charge in [0.05, 0.1) is 0 Å². The van der Waals surface area contributed by atoms with Gasteiger partial charge in [-0.15, -0.1) is 0 Å². The maximum absolute atomic E-state index is 4.24. The zero-order chi connectivity index (χ0) is 13.3. The third kappa shape index (κ3) is 4.67. The summed E-state index contributed by atoms with van der Waals surface area (Å²) in [6.07, 6.45) is 4.76. The van der Waals surface area contributed by atoms with Crippen LogP contribution in [-0.2, 0) is 13.0 Å². The van der Waals surface area contributed by atoms with E-state index in [2.05, 4.69) is 44.9 Å². The summed E-state index contributed by atoms with van der Waals surface area (Å²) in [5.74, 6) is 0.690. The van der Waals surface area contributed by atoms with Crippen molar-refractivity contribution in [2.24, 2.45) is 0 Å². The fraction of sp³-hybridized carbons (Fsp3) is 0.333. The summed E-state index contributed by atoms with van der Waals surface area (Å²) in [4.78, 5) is 8.49. The predicted molar refractivity (Wildman–Crippen MR) is 78.0 cm³/mol. The Hall–Kier alpha value is -1.94. The fourth-order valence-electron chi connectivity index (χ4n) is 1.81. The van der Waals surface area contributed by atoms with E-state index in [1.54, 1.807) is 0 Å². The average Bonchev–Trinajstić information content (AvgIpc) is 2.47. The Morgan fingerprint density at radius 2 is 1.74 bits per heavy atom. The van der Waals surface area contributed by atoms with Crippen molar-refractivity contribution in [2.75, 3.05) is 18.4 Å². The maximum atomic E-state index is 4.24. The molecule has 0 saturated carbocycles. The van der Waals surface area contributed by atoms with Crippen LogP contribution in [-0.4, -0.2) is 23.1 Å². The minimum absolute atomic E-state index is 0.690. The van der Waals surface area contributed by atoms with Crippen LogP contribution >= 0.6 is 0 Å². The number of hydrogen-bond acceptors (Lipinski definition) is 4. The van der Waals surface area contributed by atoms with Crippen LogP contribution in [0.4, 0.5) is 5.95 Å². The van der Waals surface area contributed by atoms with E-state index in [1.165, 1.54) is 5.56 Å². The first-order valence-electron chi connectivity index (χ1n) is 6.68. The van der Waals surface area contributed by atoms with E-state index in [0.29, 0.717) is 5.95 Å². The van der Waals surface area contributed by atoms with Crippen molar-refractivity contribution in [2.45, 2.75) is 19.9 Å². The number of anilines is 1. The highest BCUT2D eigenvalue weighted by Crippen LogP contribution is 2.01. The molecular formula is C15H20N4. The Labute approximate surface area is 114 Å². The molecule has 0 radical (unpaired) electrons. The summed E-state index contributed by atoms with van der Waals surface area (Å²) in [6.45, 7) is 4.63. The highest BCUT2D eigenvalue weighted by atomic mass is 15.1. The minimum Gasteiger partial charge on any atom is -0.355 e. The van der Waals surface area contributed by atoms with E-state index in [0.717, 1.165) is 31.6 Å². The van der Waals surface area contributed by atoms with Crippen molar-refractivity contribution in [3.05, 3.63) is 53.9 Å². The van der Waals surface area contributed by atoms with Crippen molar-refractivity contribution in [3.63, 3.8) is 0 Å². The van der Waals surface area contributed by atoms with Gasteiger partial charge in [-0.3, -0.25) is 0 Å². The first-order chi connectivity index (χ1) is 9.38. The lowest BCUT2D eigenvalue weighted by Gasteiger charge is -2.06. The predicted octanol–water partition coefficient (Wildman–Crippen LogP) is 2.24. The average molecular weight is 256 g/mol. The molecular weight excluding hydrogens is 236 g/mol. The van der Waals surface area contributed by atoms with Crippen molar-refractivity contribution < 1.29 is 0 Å². The highest BCUT2D eigenvalue weighted by molar-refractivity contribution is 5.24. The van der Waals surface area contributed by atoms with Gasteiger partial charge in [-0.2, -0.15) is 0 Å². The number of nitrogens with one attached hydrogen (secondary N) is 2. The van der Waals surface area contributed by atoms with Gasteiger partial charge in [0.25, 0.3) is 0 Å². The van der Waals surface area contributed by atoms with E-state index < -0.39 is 0 Å². The van der Waals surface area contributed by atoms with Crippen molar-refractivity contribution in [1.29, 1.82) is 0 Å². The Morgan fingerprint density at radius 3 is 2.42 bits per heavy atom. The lowest BCUT2D eigenvalue weighted by Crippen LogP contribution is -2.17. The number of hydrogen-bond donors (Lipinski definition) is 2. The Balaban J connectivity index is 1.70. The van der Waals surface area contributed by atoms with E-state index in [1.807, 2.05) is 25.4 Å². The van der Waals surface area contributed by atoms with Crippen molar-refractivity contribution in [3.8, 4) is 0 Å². The van der Waals surface area contributed by atoms with Gasteiger partial charge in [-0.1, -0.05) is 30.3 Å². The second kappa shape index (κ2) is 7.48. The largest absolute Gasteiger partial charge is 0.355 e. The summed E-state index contributed by atoms with van der Waals surface area (Å²) in [6, 6.07) is 10.5. The molecule has 4 nitrogen and oxygen atoms in total. The van der Waals surface area contributed by atoms with Gasteiger partial charge in [0.15, 0.2) is 0 Å². The van der Waals surface area contributed by atoms with E-state index in [-0.39, 0.29) is 0 Å². The zero-order valence-corrected chi connectivity index (χ0v) is 11.3. The van der Waals surface area contributed by atoms with Crippen LogP contribution in [0.5, 0.6) is 0 Å². The number of aromatic nitrogens is 2. The molecule has 2 N–H and O–H groups in total. The van der Waals surface area contributed by atoms with Crippen molar-refractivity contribution in [1.82, 2.24) is 15.3 Å². The van der Waals surface area contributed by atoms with Crippen LogP contribution in [0, 0.1) is 0 Å². The summed E-state index contributed by atoms with van der Waals surface area (Å²) in [5.41, 5.74) is 2.46. The Bertz CT molecular complexity index is 467. The molecule has 100 valence electrons. The van der Waals surface area contributed by atoms with Gasteiger partial charge in [0, 0.05) is 31.0 Å². The quantitative estimate of drug-likeness (QED) is 0.746. The van der Waals surface area contributed by atoms with Crippen LogP contribution < -0.4 is 10.6 Å². The molecule has 0 bridgehead atoms. The standard InChI is InChI=1S/C15H20N4/c1-2-17-15-18-11-14(12-19-15)10-16-9-8-13-6-4-3-5-7-13/h3-7,11-12,16H,2,8-10H2,1H3,(H,17,18,19). The summed E-state index contributed by atoms with van der Waals surface area (Å²) in [5, 5.41) is 6.48. The van der Waals surface area contributed by atoms with Gasteiger partial charge in [0.1, 0.15) is 0 Å². The van der Waals surface area contributed by atoms with Crippen LogP contribution in [0.25, 0.3) is 0 Å². The number of rotatable bonds is 7. The maximum Gasteiger partial charge on any atom is 0.222 e. The Kier molecular flexibility index (Phi) is 5.31. The smallest absolute Gasteiger partial charge is 0.222 e. The first-order valence-corrected chi connectivity index (χ1v) is 6.68. The van der Waals surface area contributed by atoms with Gasteiger partial charge in [-0.25, -0.2) is 9.97 Å². The first kappa shape index (κ1) is 13.5. The summed E-state index contributed by atoms with van der Waals surface area (Å²) in [7, 11) is 0. The van der Waals surface area contributed by atoms with Gasteiger partial charge in [0.2, 0.25) is 5.95 Å². The monoisotopic (exact) mass is 256 g/mol. The second-order valence-corrected chi connectivity index (χ2v) is 4.36. The third-order valence-corrected chi connectivity index (χ3v) is 2.80. The number of nitrogens with zero attached hydrogens (tertiary/aromatic N) is 2. The van der Waals surface area contributed by atoms with E-state index >= 15 is 0 Å². The molecule has 2 rings (SSSR count). The van der Waals surface area contributed by atoms with Crippen LogP contribution in [0.15, 0.2) is 42.7 Å². The fourth-order valence-corrected chi connectivity index (χ4v) is 1.81. The van der Waals surface area contributed by atoms with Crippen molar-refractivity contribution >= 4 is 5.95 Å². The molecule has 0 aliphatic carbocycles. The zero-order valence-electron chi connectivity index (χ0n) is 11.3. The van der Waals surface area contributed by atoms with Gasteiger partial charge in [-0.05, 0) is 25.5 Å². The number of benzene rings is 1. The molecule has 0 aliphatic heterocycles. The van der Waals surface area contributed by atoms with Crippen LogP contribution in [0.2, 0.25) is 0 Å². The lowest BCUT2D eigenvalue weighted by atomic mass is 10.1. The molecule has 0 fully saturated rings. The normalized spacial score (nSPS) is 10.4. The molecule has 0 amide bonds. The van der Waals surface area contributed by atoms with Gasteiger partial charge >= 0.3 is 0 Å². The Morgan fingerprint density at radius 1 is 1.00 bits per heavy atom. The molecule has 0 unspecified atom stereocenters. The highest BCUT2D eigenvalue weighted by Gasteiger charge is 1.97. The molecule has 0 atom stereocenters. The molecule has 1 aromatic heterocycles. The molecule has 19 heavy (non-hydrogen) atoms. The topological polar surface area (TPSA) is 49.8 Å². The SMILES string of the molecule is CCNc1ncc(CNCCc2ccccc2)cn1. The molecule has 1 heterocycles. The molecule has 4 heteroatoms. The van der Waals surface area contributed by atoms with E-state index in [4.69, 9.17) is 0 Å². The molecule has 0 aliphatic rings. The molecule has 2 aromatic rings. The lowest BCUT2D eigenvalue weighted by molar-refractivity contribution is 0.683. The van der Waals surface area contributed by atoms with Crippen LogP contribution in [0.1, 0.15) is 18.1 Å². The van der Waals surface area contributed by atoms with Crippen LogP contribution in [0.3, 0.4) is 0 Å². The summed E-state index contributed by atoms with van der Waals surface area (Å²) >= 11 is 0. The second-order valence-electron chi connectivity index (χ2n) is 4.36. The molecule has 1 aromatic carbocycles. The summed E-state index contributed by atoms with van der Waals surface area (Å²) < 4.78 is 0. The molecule has 0 spiro atoms. The van der Waals surface area contributed by atoms with Gasteiger partial charge < -0.3 is 10.6 Å². The third-order valence-electron chi connectivity index (χ3n) is 2.80. The molecule has 0 saturated heterocycles.